The number of nitrogens with one attached hydrogen (secondary N) is 1. The Hall–Kier alpha value is -0.120. The van der Waals surface area contributed by atoms with Gasteiger partial charge in [0.2, 0.25) is 0 Å². The first-order valence-electron chi connectivity index (χ1n) is 7.34. The average Bonchev–Trinajstić information content (AvgIpc) is 2.38. The summed E-state index contributed by atoms with van der Waals surface area (Å²) in [6.45, 7) is 8.94. The quantitative estimate of drug-likeness (QED) is 0.813. The molecule has 0 aliphatic carbocycles. The van der Waals surface area contributed by atoms with Crippen LogP contribution in [-0.2, 0) is 4.74 Å². The van der Waals surface area contributed by atoms with Crippen molar-refractivity contribution in [3.05, 3.63) is 0 Å². The Bertz CT molecular complexity index is 208. The summed E-state index contributed by atoms with van der Waals surface area (Å²) in [5.74, 6) is 0. The van der Waals surface area contributed by atoms with Crippen LogP contribution >= 0.6 is 0 Å². The van der Waals surface area contributed by atoms with Gasteiger partial charge in [-0.3, -0.25) is 4.90 Å². The molecule has 0 aromatic carbocycles. The van der Waals surface area contributed by atoms with Crippen LogP contribution in [0.5, 0.6) is 0 Å². The first kappa shape index (κ1) is 13.3. The molecular weight excluding hydrogens is 212 g/mol. The molecule has 0 saturated carbocycles. The fourth-order valence-electron chi connectivity index (χ4n) is 3.10. The summed E-state index contributed by atoms with van der Waals surface area (Å²) in [5, 5.41) is 3.66. The van der Waals surface area contributed by atoms with Crippen molar-refractivity contribution in [3.63, 3.8) is 0 Å². The molecule has 100 valence electrons. The van der Waals surface area contributed by atoms with E-state index in [1.807, 2.05) is 0 Å². The molecule has 2 unspecified atom stereocenters. The summed E-state index contributed by atoms with van der Waals surface area (Å²) in [6.07, 6.45) is 6.63. The fourth-order valence-corrected chi connectivity index (χ4v) is 3.10. The van der Waals surface area contributed by atoms with E-state index in [1.54, 1.807) is 0 Å². The second kappa shape index (κ2) is 6.72. The normalized spacial score (nSPS) is 31.1. The van der Waals surface area contributed by atoms with Gasteiger partial charge in [0.1, 0.15) is 0 Å². The molecule has 2 aliphatic rings. The van der Waals surface area contributed by atoms with Crippen LogP contribution in [0.2, 0.25) is 0 Å². The van der Waals surface area contributed by atoms with Crippen molar-refractivity contribution in [3.8, 4) is 0 Å². The number of piperidine rings is 1. The third-order valence-corrected chi connectivity index (χ3v) is 4.11. The molecule has 2 fully saturated rings. The molecule has 2 rings (SSSR count). The monoisotopic (exact) mass is 240 g/mol. The fraction of sp³-hybridized carbons (Fsp3) is 1.00. The lowest BCUT2D eigenvalue weighted by Crippen LogP contribution is -2.52. The minimum atomic E-state index is 0.630. The van der Waals surface area contributed by atoms with Crippen molar-refractivity contribution >= 4 is 0 Å². The van der Waals surface area contributed by atoms with E-state index in [9.17, 15) is 0 Å². The van der Waals surface area contributed by atoms with E-state index in [0.717, 1.165) is 13.2 Å². The zero-order chi connectivity index (χ0) is 12.1. The first-order chi connectivity index (χ1) is 8.27. The molecule has 17 heavy (non-hydrogen) atoms. The van der Waals surface area contributed by atoms with Gasteiger partial charge in [0.05, 0.1) is 6.61 Å². The molecule has 2 aliphatic heterocycles. The summed E-state index contributed by atoms with van der Waals surface area (Å²) in [4.78, 5) is 2.65. The summed E-state index contributed by atoms with van der Waals surface area (Å²) in [6, 6.07) is 1.98. The van der Waals surface area contributed by atoms with Gasteiger partial charge in [-0.1, -0.05) is 6.42 Å². The Kier molecular flexibility index (Phi) is 5.26. The Balaban J connectivity index is 1.86. The van der Waals surface area contributed by atoms with Gasteiger partial charge < -0.3 is 10.1 Å². The molecule has 2 heterocycles. The van der Waals surface area contributed by atoms with Gasteiger partial charge >= 0.3 is 0 Å². The third kappa shape index (κ3) is 3.94. The highest BCUT2D eigenvalue weighted by atomic mass is 16.5. The van der Waals surface area contributed by atoms with Crippen LogP contribution < -0.4 is 5.32 Å². The Morgan fingerprint density at radius 2 is 2.12 bits per heavy atom. The van der Waals surface area contributed by atoms with Crippen molar-refractivity contribution in [2.45, 2.75) is 64.1 Å². The zero-order valence-electron chi connectivity index (χ0n) is 11.5. The number of rotatable bonds is 4. The van der Waals surface area contributed by atoms with E-state index < -0.39 is 0 Å². The van der Waals surface area contributed by atoms with E-state index in [0.29, 0.717) is 18.1 Å². The zero-order valence-corrected chi connectivity index (χ0v) is 11.5. The van der Waals surface area contributed by atoms with Gasteiger partial charge in [0.15, 0.2) is 0 Å². The number of ether oxygens (including phenoxy) is 1. The molecule has 0 aromatic rings. The number of nitrogens with zero attached hydrogens (tertiary/aromatic N) is 1. The second-order valence-corrected chi connectivity index (χ2v) is 5.81. The summed E-state index contributed by atoms with van der Waals surface area (Å²) >= 11 is 0. The smallest absolute Gasteiger partial charge is 0.0621 e. The van der Waals surface area contributed by atoms with E-state index in [2.05, 4.69) is 24.1 Å². The lowest BCUT2D eigenvalue weighted by molar-refractivity contribution is 0.000717. The summed E-state index contributed by atoms with van der Waals surface area (Å²) in [5.41, 5.74) is 0. The van der Waals surface area contributed by atoms with Gasteiger partial charge in [-0.2, -0.15) is 0 Å². The maximum absolute atomic E-state index is 5.64. The van der Waals surface area contributed by atoms with Gasteiger partial charge in [-0.25, -0.2) is 0 Å². The lowest BCUT2D eigenvalue weighted by atomic mass is 10.0. The van der Waals surface area contributed by atoms with Gasteiger partial charge in [-0.15, -0.1) is 0 Å². The van der Waals surface area contributed by atoms with Crippen LogP contribution in [0.4, 0.5) is 0 Å². The highest BCUT2D eigenvalue weighted by Gasteiger charge is 2.26. The van der Waals surface area contributed by atoms with E-state index >= 15 is 0 Å². The minimum absolute atomic E-state index is 0.630. The van der Waals surface area contributed by atoms with Crippen LogP contribution in [0.1, 0.15) is 46.0 Å². The summed E-state index contributed by atoms with van der Waals surface area (Å²) < 4.78 is 5.64. The molecule has 2 saturated heterocycles. The van der Waals surface area contributed by atoms with Gasteiger partial charge in [0.25, 0.3) is 0 Å². The highest BCUT2D eigenvalue weighted by molar-refractivity contribution is 4.83. The van der Waals surface area contributed by atoms with Crippen molar-refractivity contribution in [2.75, 3.05) is 26.3 Å². The van der Waals surface area contributed by atoms with Crippen molar-refractivity contribution in [1.29, 1.82) is 0 Å². The van der Waals surface area contributed by atoms with Crippen molar-refractivity contribution < 1.29 is 4.74 Å². The minimum Gasteiger partial charge on any atom is -0.380 e. The maximum atomic E-state index is 5.64. The molecule has 0 amide bonds. The molecule has 0 spiro atoms. The van der Waals surface area contributed by atoms with E-state index in [-0.39, 0.29) is 0 Å². The molecular formula is C14H28N2O. The van der Waals surface area contributed by atoms with E-state index in [1.165, 1.54) is 45.2 Å². The molecule has 3 nitrogen and oxygen atoms in total. The SMILES string of the molecule is CC(C)N(CC1CCCCN1)C1CCCOC1. The first-order valence-corrected chi connectivity index (χ1v) is 7.34. The Labute approximate surface area is 106 Å². The third-order valence-electron chi connectivity index (χ3n) is 4.11. The largest absolute Gasteiger partial charge is 0.380 e. The summed E-state index contributed by atoms with van der Waals surface area (Å²) in [7, 11) is 0. The van der Waals surface area contributed by atoms with Crippen LogP contribution in [-0.4, -0.2) is 49.3 Å². The van der Waals surface area contributed by atoms with Crippen LogP contribution in [0.15, 0.2) is 0 Å². The standard InChI is InChI=1S/C14H28N2O/c1-12(2)16(14-7-5-9-17-11-14)10-13-6-3-4-8-15-13/h12-15H,3-11H2,1-2H3. The lowest BCUT2D eigenvalue weighted by Gasteiger charge is -2.40. The van der Waals surface area contributed by atoms with Crippen LogP contribution in [0, 0.1) is 0 Å². The predicted octanol–water partition coefficient (Wildman–Crippen LogP) is 2.02. The van der Waals surface area contributed by atoms with Gasteiger partial charge in [-0.05, 0) is 46.1 Å². The Morgan fingerprint density at radius 1 is 1.24 bits per heavy atom. The average molecular weight is 240 g/mol. The molecule has 0 radical (unpaired) electrons. The van der Waals surface area contributed by atoms with Gasteiger partial charge in [0, 0.05) is 31.3 Å². The number of hydrogen-bond donors (Lipinski definition) is 1. The maximum Gasteiger partial charge on any atom is 0.0621 e. The topological polar surface area (TPSA) is 24.5 Å². The highest BCUT2D eigenvalue weighted by Crippen LogP contribution is 2.18. The number of hydrogen-bond acceptors (Lipinski definition) is 3. The molecule has 3 heteroatoms. The Morgan fingerprint density at radius 3 is 2.71 bits per heavy atom. The second-order valence-electron chi connectivity index (χ2n) is 5.81. The van der Waals surface area contributed by atoms with E-state index in [4.69, 9.17) is 4.74 Å². The molecule has 1 N–H and O–H groups in total. The van der Waals surface area contributed by atoms with Crippen molar-refractivity contribution in [2.24, 2.45) is 0 Å². The molecule has 0 aromatic heterocycles. The van der Waals surface area contributed by atoms with Crippen molar-refractivity contribution in [1.82, 2.24) is 10.2 Å². The van der Waals surface area contributed by atoms with Crippen LogP contribution in [0.3, 0.4) is 0 Å². The molecule has 2 atom stereocenters. The van der Waals surface area contributed by atoms with Crippen LogP contribution in [0.25, 0.3) is 0 Å². The molecule has 0 bridgehead atoms. The predicted molar refractivity (Wildman–Crippen MR) is 71.3 cm³/mol.